The Bertz CT molecular complexity index is 403. The first-order valence-electron chi connectivity index (χ1n) is 4.81. The molecule has 0 aliphatic rings. The lowest BCUT2D eigenvalue weighted by Gasteiger charge is -2.14. The van der Waals surface area contributed by atoms with E-state index in [4.69, 9.17) is 15.6 Å². The summed E-state index contributed by atoms with van der Waals surface area (Å²) in [5.41, 5.74) is 6.39. The smallest absolute Gasteiger partial charge is 0.312 e. The van der Waals surface area contributed by atoms with Crippen molar-refractivity contribution in [3.8, 4) is 11.5 Å². The van der Waals surface area contributed by atoms with E-state index in [1.807, 2.05) is 0 Å². The van der Waals surface area contributed by atoms with E-state index in [9.17, 15) is 9.90 Å². The van der Waals surface area contributed by atoms with Gasteiger partial charge in [0, 0.05) is 12.1 Å². The van der Waals surface area contributed by atoms with E-state index in [1.54, 1.807) is 6.92 Å². The zero-order valence-corrected chi connectivity index (χ0v) is 9.23. The maximum Gasteiger partial charge on any atom is 0.312 e. The average molecular weight is 225 g/mol. The molecule has 0 aliphatic heterocycles. The van der Waals surface area contributed by atoms with Crippen molar-refractivity contribution < 1.29 is 19.7 Å². The van der Waals surface area contributed by atoms with Gasteiger partial charge in [0.2, 0.25) is 0 Å². The van der Waals surface area contributed by atoms with Crippen LogP contribution in [-0.2, 0) is 4.79 Å². The van der Waals surface area contributed by atoms with Crippen LogP contribution >= 0.6 is 0 Å². The lowest BCUT2D eigenvalue weighted by atomic mass is 9.96. The van der Waals surface area contributed by atoms with Crippen LogP contribution in [-0.4, -0.2) is 29.8 Å². The Hall–Kier alpha value is -1.75. The third kappa shape index (κ3) is 2.25. The normalized spacial score (nSPS) is 12.2. The highest BCUT2D eigenvalue weighted by Crippen LogP contribution is 2.32. The lowest BCUT2D eigenvalue weighted by molar-refractivity contribution is -0.138. The van der Waals surface area contributed by atoms with Crippen molar-refractivity contribution in [3.05, 3.63) is 23.3 Å². The van der Waals surface area contributed by atoms with Gasteiger partial charge in [-0.05, 0) is 24.6 Å². The number of phenolic OH excluding ortho intramolecular Hbond substituents is 1. The third-order valence-electron chi connectivity index (χ3n) is 2.45. The van der Waals surface area contributed by atoms with Crippen LogP contribution in [0.3, 0.4) is 0 Å². The molecule has 16 heavy (non-hydrogen) atoms. The van der Waals surface area contributed by atoms with Crippen LogP contribution in [0.25, 0.3) is 0 Å². The Morgan fingerprint density at radius 1 is 1.56 bits per heavy atom. The fourth-order valence-corrected chi connectivity index (χ4v) is 1.55. The fraction of sp³-hybridized carbons (Fsp3) is 0.364. The van der Waals surface area contributed by atoms with Gasteiger partial charge in [0.15, 0.2) is 0 Å². The molecule has 0 fully saturated rings. The van der Waals surface area contributed by atoms with Gasteiger partial charge in [0.1, 0.15) is 11.5 Å². The number of rotatable bonds is 4. The number of aryl methyl sites for hydroxylation is 1. The van der Waals surface area contributed by atoms with Gasteiger partial charge in [0.25, 0.3) is 0 Å². The van der Waals surface area contributed by atoms with E-state index in [-0.39, 0.29) is 17.9 Å². The number of phenols is 1. The number of hydrogen-bond donors (Lipinski definition) is 3. The first kappa shape index (κ1) is 12.3. The molecule has 0 aromatic heterocycles. The minimum Gasteiger partial charge on any atom is -0.508 e. The van der Waals surface area contributed by atoms with Crippen molar-refractivity contribution in [1.82, 2.24) is 0 Å². The molecule has 0 aliphatic carbocycles. The molecule has 0 heterocycles. The Morgan fingerprint density at radius 2 is 2.19 bits per heavy atom. The van der Waals surface area contributed by atoms with Crippen molar-refractivity contribution in [2.24, 2.45) is 5.73 Å². The Labute approximate surface area is 93.5 Å². The van der Waals surface area contributed by atoms with E-state index in [0.29, 0.717) is 5.75 Å². The summed E-state index contributed by atoms with van der Waals surface area (Å²) in [6.07, 6.45) is 0. The highest BCUT2D eigenvalue weighted by Gasteiger charge is 2.22. The van der Waals surface area contributed by atoms with Crippen LogP contribution in [0.1, 0.15) is 17.0 Å². The monoisotopic (exact) mass is 225 g/mol. The third-order valence-corrected chi connectivity index (χ3v) is 2.45. The van der Waals surface area contributed by atoms with Crippen molar-refractivity contribution in [2.45, 2.75) is 12.8 Å². The van der Waals surface area contributed by atoms with E-state index in [1.165, 1.54) is 19.2 Å². The zero-order valence-electron chi connectivity index (χ0n) is 9.23. The number of methoxy groups -OCH3 is 1. The molecule has 4 N–H and O–H groups in total. The van der Waals surface area contributed by atoms with Gasteiger partial charge < -0.3 is 20.7 Å². The van der Waals surface area contributed by atoms with Gasteiger partial charge in [-0.3, -0.25) is 4.79 Å². The molecule has 0 amide bonds. The summed E-state index contributed by atoms with van der Waals surface area (Å²) in [4.78, 5) is 10.9. The van der Waals surface area contributed by atoms with E-state index in [2.05, 4.69) is 0 Å². The van der Waals surface area contributed by atoms with Gasteiger partial charge in [-0.15, -0.1) is 0 Å². The molecule has 1 rings (SSSR count). The number of carbonyl (C=O) groups is 1. The number of aromatic hydroxyl groups is 1. The SMILES string of the molecule is COc1cc(C(CN)C(=O)O)c(O)cc1C. The van der Waals surface area contributed by atoms with Crippen LogP contribution in [0, 0.1) is 6.92 Å². The maximum atomic E-state index is 10.9. The number of hydrogen-bond acceptors (Lipinski definition) is 4. The van der Waals surface area contributed by atoms with E-state index >= 15 is 0 Å². The predicted molar refractivity (Wildman–Crippen MR) is 58.8 cm³/mol. The van der Waals surface area contributed by atoms with Crippen molar-refractivity contribution in [1.29, 1.82) is 0 Å². The Morgan fingerprint density at radius 3 is 2.62 bits per heavy atom. The molecule has 5 heteroatoms. The number of benzene rings is 1. The summed E-state index contributed by atoms with van der Waals surface area (Å²) in [5.74, 6) is -1.53. The number of ether oxygens (including phenoxy) is 1. The molecular formula is C11H15NO4. The maximum absolute atomic E-state index is 10.9. The molecule has 0 saturated carbocycles. The molecule has 1 atom stereocenters. The molecule has 5 nitrogen and oxygen atoms in total. The second-order valence-corrected chi connectivity index (χ2v) is 3.51. The summed E-state index contributed by atoms with van der Waals surface area (Å²) < 4.78 is 5.07. The average Bonchev–Trinajstić information content (AvgIpc) is 2.21. The van der Waals surface area contributed by atoms with Crippen LogP contribution in [0.2, 0.25) is 0 Å². The molecule has 1 aromatic rings. The predicted octanol–water partition coefficient (Wildman–Crippen LogP) is 0.836. The quantitative estimate of drug-likeness (QED) is 0.706. The zero-order chi connectivity index (χ0) is 12.3. The fourth-order valence-electron chi connectivity index (χ4n) is 1.55. The largest absolute Gasteiger partial charge is 0.508 e. The highest BCUT2D eigenvalue weighted by molar-refractivity contribution is 5.78. The lowest BCUT2D eigenvalue weighted by Crippen LogP contribution is -2.21. The number of carboxylic acid groups (broad SMARTS) is 1. The molecule has 0 spiro atoms. The summed E-state index contributed by atoms with van der Waals surface area (Å²) in [7, 11) is 1.49. The second-order valence-electron chi connectivity index (χ2n) is 3.51. The topological polar surface area (TPSA) is 92.8 Å². The van der Waals surface area contributed by atoms with Crippen LogP contribution in [0.15, 0.2) is 12.1 Å². The number of aliphatic carboxylic acids is 1. The van der Waals surface area contributed by atoms with Gasteiger partial charge >= 0.3 is 5.97 Å². The minimum absolute atomic E-state index is 0.0730. The van der Waals surface area contributed by atoms with Gasteiger partial charge in [-0.1, -0.05) is 0 Å². The molecule has 0 bridgehead atoms. The first-order valence-corrected chi connectivity index (χ1v) is 4.81. The Kier molecular flexibility index (Phi) is 3.73. The number of nitrogens with two attached hydrogens (primary N) is 1. The molecule has 88 valence electrons. The van der Waals surface area contributed by atoms with Crippen LogP contribution < -0.4 is 10.5 Å². The van der Waals surface area contributed by atoms with Gasteiger partial charge in [-0.2, -0.15) is 0 Å². The van der Waals surface area contributed by atoms with E-state index < -0.39 is 11.9 Å². The summed E-state index contributed by atoms with van der Waals surface area (Å²) in [5, 5.41) is 18.6. The molecule has 1 aromatic carbocycles. The number of carboxylic acids is 1. The Balaban J connectivity index is 3.26. The second kappa shape index (κ2) is 4.85. The minimum atomic E-state index is -1.07. The van der Waals surface area contributed by atoms with Crippen molar-refractivity contribution in [2.75, 3.05) is 13.7 Å². The van der Waals surface area contributed by atoms with Crippen LogP contribution in [0.5, 0.6) is 11.5 Å². The molecule has 1 unspecified atom stereocenters. The van der Waals surface area contributed by atoms with Crippen molar-refractivity contribution in [3.63, 3.8) is 0 Å². The molecular weight excluding hydrogens is 210 g/mol. The van der Waals surface area contributed by atoms with Crippen molar-refractivity contribution >= 4 is 5.97 Å². The van der Waals surface area contributed by atoms with E-state index in [0.717, 1.165) is 5.56 Å². The van der Waals surface area contributed by atoms with Crippen LogP contribution in [0.4, 0.5) is 0 Å². The summed E-state index contributed by atoms with van der Waals surface area (Å²) in [6.45, 7) is 1.69. The summed E-state index contributed by atoms with van der Waals surface area (Å²) in [6, 6.07) is 2.98. The standard InChI is InChI=1S/C11H15NO4/c1-6-3-9(13)7(4-10(6)16-2)8(5-12)11(14)15/h3-4,8,13H,5,12H2,1-2H3,(H,14,15). The van der Waals surface area contributed by atoms with Gasteiger partial charge in [-0.25, -0.2) is 0 Å². The van der Waals surface area contributed by atoms with Gasteiger partial charge in [0.05, 0.1) is 13.0 Å². The molecule has 0 radical (unpaired) electrons. The summed E-state index contributed by atoms with van der Waals surface area (Å²) >= 11 is 0. The highest BCUT2D eigenvalue weighted by atomic mass is 16.5. The molecule has 0 saturated heterocycles. The first-order chi connectivity index (χ1) is 7.51.